The number of thiazole rings is 1. The van der Waals surface area contributed by atoms with Gasteiger partial charge in [0.25, 0.3) is 5.91 Å². The lowest BCUT2D eigenvalue weighted by Crippen LogP contribution is -2.42. The molecule has 0 bridgehead atoms. The highest BCUT2D eigenvalue weighted by molar-refractivity contribution is 7.09. The van der Waals surface area contributed by atoms with E-state index >= 15 is 0 Å². The van der Waals surface area contributed by atoms with Crippen molar-refractivity contribution in [2.24, 2.45) is 5.92 Å². The van der Waals surface area contributed by atoms with E-state index in [9.17, 15) is 9.18 Å². The largest absolute Gasteiger partial charge is 0.337 e. The molecule has 0 radical (unpaired) electrons. The number of nitrogens with one attached hydrogen (secondary N) is 1. The molecule has 1 N–H and O–H groups in total. The van der Waals surface area contributed by atoms with Gasteiger partial charge in [-0.2, -0.15) is 0 Å². The third-order valence-corrected chi connectivity index (χ3v) is 5.22. The molecule has 2 heterocycles. The molecule has 1 fully saturated rings. The van der Waals surface area contributed by atoms with Crippen LogP contribution in [0, 0.1) is 11.7 Å². The van der Waals surface area contributed by atoms with E-state index in [1.54, 1.807) is 17.5 Å². The fourth-order valence-electron chi connectivity index (χ4n) is 3.16. The number of benzene rings is 1. The van der Waals surface area contributed by atoms with E-state index in [0.29, 0.717) is 23.6 Å². The Morgan fingerprint density at radius 3 is 3.08 bits per heavy atom. The van der Waals surface area contributed by atoms with Gasteiger partial charge >= 0.3 is 0 Å². The maximum absolute atomic E-state index is 13.7. The Kier molecular flexibility index (Phi) is 5.58. The fraction of sp³-hybridized carbons (Fsp3) is 0.444. The van der Waals surface area contributed by atoms with Crippen LogP contribution in [0.5, 0.6) is 0 Å². The van der Waals surface area contributed by atoms with Gasteiger partial charge in [0.2, 0.25) is 0 Å². The zero-order valence-electron chi connectivity index (χ0n) is 13.8. The molecule has 1 aromatic heterocycles. The minimum atomic E-state index is -0.230. The summed E-state index contributed by atoms with van der Waals surface area (Å²) in [7, 11) is 1.94. The van der Waals surface area contributed by atoms with E-state index in [1.807, 2.05) is 18.0 Å². The predicted molar refractivity (Wildman–Crippen MR) is 93.9 cm³/mol. The average Bonchev–Trinajstić information content (AvgIpc) is 3.05. The third kappa shape index (κ3) is 3.99. The van der Waals surface area contributed by atoms with Crippen LogP contribution in [0.2, 0.25) is 0 Å². The number of likely N-dealkylation sites (tertiary alicyclic amines) is 1. The Bertz CT molecular complexity index is 701. The Morgan fingerprint density at radius 2 is 2.29 bits per heavy atom. The highest BCUT2D eigenvalue weighted by Crippen LogP contribution is 2.21. The Morgan fingerprint density at radius 1 is 1.46 bits per heavy atom. The molecular formula is C18H22FN3OS. The number of carbonyl (C=O) groups excluding carboxylic acids is 1. The lowest BCUT2D eigenvalue weighted by atomic mass is 9.98. The average molecular weight is 347 g/mol. The van der Waals surface area contributed by atoms with Crippen molar-refractivity contribution < 1.29 is 9.18 Å². The van der Waals surface area contributed by atoms with Crippen molar-refractivity contribution in [3.63, 3.8) is 0 Å². The normalized spacial score (nSPS) is 17.9. The van der Waals surface area contributed by atoms with Crippen LogP contribution in [-0.4, -0.2) is 42.5 Å². The van der Waals surface area contributed by atoms with Gasteiger partial charge in [-0.1, -0.05) is 18.2 Å². The first-order valence-corrected chi connectivity index (χ1v) is 9.17. The standard InChI is InChI=1S/C18H22FN3OS/c1-20-10-13-5-4-8-22(11-13)18(23)16-12-24-17(21-16)9-14-6-2-3-7-15(14)19/h2-3,6-7,12-13,20H,4-5,8-11H2,1H3. The third-order valence-electron chi connectivity index (χ3n) is 4.37. The van der Waals surface area contributed by atoms with Crippen LogP contribution >= 0.6 is 11.3 Å². The number of piperidine rings is 1. The molecule has 128 valence electrons. The van der Waals surface area contributed by atoms with Gasteiger partial charge < -0.3 is 10.2 Å². The summed E-state index contributed by atoms with van der Waals surface area (Å²) >= 11 is 1.42. The molecule has 4 nitrogen and oxygen atoms in total. The Hall–Kier alpha value is -1.79. The maximum Gasteiger partial charge on any atom is 0.273 e. The molecule has 1 unspecified atom stereocenters. The summed E-state index contributed by atoms with van der Waals surface area (Å²) in [5, 5.41) is 5.75. The zero-order chi connectivity index (χ0) is 16.9. The van der Waals surface area contributed by atoms with Crippen molar-refractivity contribution in [2.75, 3.05) is 26.7 Å². The molecule has 6 heteroatoms. The van der Waals surface area contributed by atoms with Crippen LogP contribution in [0.25, 0.3) is 0 Å². The molecule has 1 aliphatic rings. The summed E-state index contributed by atoms with van der Waals surface area (Å²) in [6, 6.07) is 6.69. The van der Waals surface area contributed by atoms with Crippen molar-refractivity contribution >= 4 is 17.2 Å². The summed E-state index contributed by atoms with van der Waals surface area (Å²) in [4.78, 5) is 19.0. The maximum atomic E-state index is 13.7. The van der Waals surface area contributed by atoms with Gasteiger partial charge in [-0.3, -0.25) is 4.79 Å². The summed E-state index contributed by atoms with van der Waals surface area (Å²) < 4.78 is 13.7. The SMILES string of the molecule is CNCC1CCCN(C(=O)c2csc(Cc3ccccc3F)n2)C1. The van der Waals surface area contributed by atoms with Crippen molar-refractivity contribution in [3.05, 3.63) is 51.7 Å². The van der Waals surface area contributed by atoms with Crippen LogP contribution < -0.4 is 5.32 Å². The molecular weight excluding hydrogens is 325 g/mol. The number of amides is 1. The number of carbonyl (C=O) groups is 1. The number of nitrogens with zero attached hydrogens (tertiary/aromatic N) is 2. The molecule has 0 aliphatic carbocycles. The number of hydrogen-bond donors (Lipinski definition) is 1. The first-order valence-electron chi connectivity index (χ1n) is 8.29. The molecule has 0 spiro atoms. The van der Waals surface area contributed by atoms with Crippen LogP contribution in [0.4, 0.5) is 4.39 Å². The minimum absolute atomic E-state index is 0.00756. The molecule has 0 saturated carbocycles. The molecule has 1 atom stereocenters. The number of hydrogen-bond acceptors (Lipinski definition) is 4. The first-order chi connectivity index (χ1) is 11.7. The number of rotatable bonds is 5. The lowest BCUT2D eigenvalue weighted by Gasteiger charge is -2.32. The second kappa shape index (κ2) is 7.85. The second-order valence-corrected chi connectivity index (χ2v) is 7.15. The first kappa shape index (κ1) is 17.0. The molecule has 1 amide bonds. The number of halogens is 1. The van der Waals surface area contributed by atoms with Gasteiger partial charge in [-0.25, -0.2) is 9.37 Å². The molecule has 2 aromatic rings. The van der Waals surface area contributed by atoms with Crippen molar-refractivity contribution in [2.45, 2.75) is 19.3 Å². The summed E-state index contributed by atoms with van der Waals surface area (Å²) in [6.07, 6.45) is 2.61. The smallest absolute Gasteiger partial charge is 0.273 e. The van der Waals surface area contributed by atoms with E-state index in [1.165, 1.54) is 17.4 Å². The van der Waals surface area contributed by atoms with Crippen molar-refractivity contribution in [3.8, 4) is 0 Å². The quantitative estimate of drug-likeness (QED) is 0.904. The summed E-state index contributed by atoms with van der Waals surface area (Å²) in [5.41, 5.74) is 1.09. The highest BCUT2D eigenvalue weighted by atomic mass is 32.1. The fourth-order valence-corrected chi connectivity index (χ4v) is 3.95. The predicted octanol–water partition coefficient (Wildman–Crippen LogP) is 2.94. The van der Waals surface area contributed by atoms with Crippen molar-refractivity contribution in [1.82, 2.24) is 15.2 Å². The molecule has 1 aromatic carbocycles. The van der Waals surface area contributed by atoms with Gasteiger partial charge in [-0.05, 0) is 44.0 Å². The van der Waals surface area contributed by atoms with Gasteiger partial charge in [0.15, 0.2) is 0 Å². The van der Waals surface area contributed by atoms with Crippen LogP contribution in [0.3, 0.4) is 0 Å². The minimum Gasteiger partial charge on any atom is -0.337 e. The monoisotopic (exact) mass is 347 g/mol. The molecule has 24 heavy (non-hydrogen) atoms. The van der Waals surface area contributed by atoms with Crippen LogP contribution in [-0.2, 0) is 6.42 Å². The Labute approximate surface area is 145 Å². The lowest BCUT2D eigenvalue weighted by molar-refractivity contribution is 0.0669. The molecule has 1 aliphatic heterocycles. The second-order valence-electron chi connectivity index (χ2n) is 6.21. The number of aromatic nitrogens is 1. The summed E-state index contributed by atoms with van der Waals surface area (Å²) in [6.45, 7) is 2.50. The Balaban J connectivity index is 1.66. The van der Waals surface area contributed by atoms with Gasteiger partial charge in [0.05, 0.1) is 5.01 Å². The highest BCUT2D eigenvalue weighted by Gasteiger charge is 2.25. The van der Waals surface area contributed by atoms with Gasteiger partial charge in [0, 0.05) is 24.9 Å². The van der Waals surface area contributed by atoms with Crippen LogP contribution in [0.15, 0.2) is 29.6 Å². The van der Waals surface area contributed by atoms with Crippen LogP contribution in [0.1, 0.15) is 33.9 Å². The van der Waals surface area contributed by atoms with E-state index in [0.717, 1.165) is 37.5 Å². The molecule has 1 saturated heterocycles. The van der Waals surface area contributed by atoms with Crippen molar-refractivity contribution in [1.29, 1.82) is 0 Å². The molecule has 3 rings (SSSR count). The van der Waals surface area contributed by atoms with Gasteiger partial charge in [-0.15, -0.1) is 11.3 Å². The van der Waals surface area contributed by atoms with E-state index in [2.05, 4.69) is 10.3 Å². The topological polar surface area (TPSA) is 45.2 Å². The van der Waals surface area contributed by atoms with E-state index < -0.39 is 0 Å². The van der Waals surface area contributed by atoms with Gasteiger partial charge in [0.1, 0.15) is 11.5 Å². The van der Waals surface area contributed by atoms with E-state index in [-0.39, 0.29) is 11.7 Å². The summed E-state index contributed by atoms with van der Waals surface area (Å²) in [5.74, 6) is 0.266. The zero-order valence-corrected chi connectivity index (χ0v) is 14.6. The van der Waals surface area contributed by atoms with E-state index in [4.69, 9.17) is 0 Å².